The summed E-state index contributed by atoms with van der Waals surface area (Å²) in [4.78, 5) is 17.3. The van der Waals surface area contributed by atoms with Gasteiger partial charge in [-0.2, -0.15) is 5.10 Å². The summed E-state index contributed by atoms with van der Waals surface area (Å²) in [6.45, 7) is 9.35. The maximum Gasteiger partial charge on any atom is 0.407 e. The molecule has 29 heavy (non-hydrogen) atoms. The second kappa shape index (κ2) is 7.52. The van der Waals surface area contributed by atoms with Crippen molar-refractivity contribution in [1.82, 2.24) is 25.2 Å². The average Bonchev–Trinajstić information content (AvgIpc) is 3.22. The first-order valence-corrected chi connectivity index (χ1v) is 10.8. The van der Waals surface area contributed by atoms with E-state index in [1.54, 1.807) is 12.4 Å². The zero-order valence-corrected chi connectivity index (χ0v) is 18.8. The van der Waals surface area contributed by atoms with Crippen molar-refractivity contribution >= 4 is 27.5 Å². The van der Waals surface area contributed by atoms with E-state index in [9.17, 15) is 4.79 Å². The van der Waals surface area contributed by atoms with Crippen molar-refractivity contribution in [3.63, 3.8) is 0 Å². The van der Waals surface area contributed by atoms with E-state index in [1.165, 1.54) is 0 Å². The van der Waals surface area contributed by atoms with Crippen LogP contribution in [0.1, 0.15) is 52.3 Å². The maximum absolute atomic E-state index is 12.6. The fraction of sp³-hybridized carbons (Fsp3) is 0.650. The van der Waals surface area contributed by atoms with Gasteiger partial charge in [-0.15, -0.1) is 0 Å². The number of hydrogen-bond acceptors (Lipinski definition) is 6. The molecule has 0 aliphatic carbocycles. The highest BCUT2D eigenvalue weighted by Crippen LogP contribution is 2.53. The molecule has 1 amide bonds. The van der Waals surface area contributed by atoms with Crippen LogP contribution < -0.4 is 10.6 Å². The van der Waals surface area contributed by atoms with Crippen LogP contribution in [0.15, 0.2) is 23.1 Å². The molecular weight excluding hydrogens is 438 g/mol. The lowest BCUT2D eigenvalue weighted by molar-refractivity contribution is 0.00309. The minimum atomic E-state index is -0.551. The molecule has 3 atom stereocenters. The number of carbonyl (C=O) groups is 1. The molecule has 4 rings (SSSR count). The molecular formula is C20H28BrN5O3. The van der Waals surface area contributed by atoms with Crippen molar-refractivity contribution in [2.75, 3.05) is 13.1 Å². The maximum atomic E-state index is 12.6. The van der Waals surface area contributed by atoms with Gasteiger partial charge in [0.05, 0.1) is 35.8 Å². The van der Waals surface area contributed by atoms with E-state index in [4.69, 9.17) is 14.5 Å². The Morgan fingerprint density at radius 2 is 2.14 bits per heavy atom. The summed E-state index contributed by atoms with van der Waals surface area (Å²) in [6, 6.07) is 1.78. The second-order valence-corrected chi connectivity index (χ2v) is 9.74. The van der Waals surface area contributed by atoms with Crippen LogP contribution in [0.25, 0.3) is 5.52 Å². The standard InChI is InChI=1S/C20H28BrN5O3/c1-12-16(25-18(27)29-19(2,3)4)20(6-9-22-10-7-20)17(28-12)15-13-5-8-24-26(13)14(21)11-23-15/h5,8,11-12,16-17,22H,6-7,9-10H2,1-4H3,(H,25,27)/t12-,16+,17?/m0/s1. The molecule has 4 heterocycles. The van der Waals surface area contributed by atoms with Crippen molar-refractivity contribution in [3.05, 3.63) is 28.8 Å². The number of piperidine rings is 1. The number of aromatic nitrogens is 3. The van der Waals surface area contributed by atoms with Crippen molar-refractivity contribution in [3.8, 4) is 0 Å². The molecule has 1 spiro atoms. The zero-order chi connectivity index (χ0) is 20.8. The summed E-state index contributed by atoms with van der Waals surface area (Å²) >= 11 is 3.50. The number of fused-ring (bicyclic) bond motifs is 1. The van der Waals surface area contributed by atoms with Gasteiger partial charge in [0.1, 0.15) is 16.3 Å². The van der Waals surface area contributed by atoms with Crippen LogP contribution >= 0.6 is 15.9 Å². The first kappa shape index (κ1) is 20.6. The highest BCUT2D eigenvalue weighted by atomic mass is 79.9. The second-order valence-electron chi connectivity index (χ2n) is 8.92. The molecule has 2 aromatic rings. The Hall–Kier alpha value is -1.71. The van der Waals surface area contributed by atoms with Gasteiger partial charge in [-0.05, 0) is 75.6 Å². The van der Waals surface area contributed by atoms with Gasteiger partial charge in [0.2, 0.25) is 0 Å². The van der Waals surface area contributed by atoms with Gasteiger partial charge in [-0.3, -0.25) is 4.98 Å². The first-order valence-electron chi connectivity index (χ1n) is 10.1. The average molecular weight is 466 g/mol. The monoisotopic (exact) mass is 465 g/mol. The van der Waals surface area contributed by atoms with Crippen LogP contribution in [-0.2, 0) is 9.47 Å². The Labute approximate surface area is 178 Å². The fourth-order valence-electron chi connectivity index (χ4n) is 4.67. The van der Waals surface area contributed by atoms with E-state index >= 15 is 0 Å². The molecule has 8 nitrogen and oxygen atoms in total. The first-order chi connectivity index (χ1) is 13.7. The highest BCUT2D eigenvalue weighted by molar-refractivity contribution is 9.10. The number of rotatable bonds is 2. The number of ether oxygens (including phenoxy) is 2. The van der Waals surface area contributed by atoms with Crippen LogP contribution in [0, 0.1) is 5.41 Å². The molecule has 2 aromatic heterocycles. The number of nitrogens with zero attached hydrogens (tertiary/aromatic N) is 3. The minimum Gasteiger partial charge on any atom is -0.444 e. The lowest BCUT2D eigenvalue weighted by Gasteiger charge is -2.42. The number of hydrogen-bond donors (Lipinski definition) is 2. The molecule has 2 fully saturated rings. The van der Waals surface area contributed by atoms with Gasteiger partial charge in [-0.1, -0.05) is 0 Å². The Balaban J connectivity index is 1.72. The molecule has 0 bridgehead atoms. The lowest BCUT2D eigenvalue weighted by atomic mass is 9.68. The Morgan fingerprint density at radius 3 is 2.83 bits per heavy atom. The van der Waals surface area contributed by atoms with Gasteiger partial charge in [0.15, 0.2) is 0 Å². The fourth-order valence-corrected chi connectivity index (χ4v) is 5.06. The SMILES string of the molecule is C[C@@H]1OC(c2ncc(Br)n3nccc23)C2(CCNCC2)[C@@H]1NC(=O)OC(C)(C)C. The number of alkyl carbamates (subject to hydrolysis) is 1. The Kier molecular flexibility index (Phi) is 5.33. The van der Waals surface area contributed by atoms with Crippen molar-refractivity contribution in [2.24, 2.45) is 5.41 Å². The Morgan fingerprint density at radius 1 is 1.41 bits per heavy atom. The number of halogens is 1. The largest absolute Gasteiger partial charge is 0.444 e. The van der Waals surface area contributed by atoms with E-state index in [0.29, 0.717) is 0 Å². The molecule has 0 radical (unpaired) electrons. The summed E-state index contributed by atoms with van der Waals surface area (Å²) in [7, 11) is 0. The topological polar surface area (TPSA) is 89.8 Å². The number of carbonyl (C=O) groups excluding carboxylic acids is 1. The molecule has 9 heteroatoms. The molecule has 0 saturated carbocycles. The molecule has 2 aliphatic rings. The van der Waals surface area contributed by atoms with Crippen molar-refractivity contribution in [2.45, 2.75) is 64.4 Å². The quantitative estimate of drug-likeness (QED) is 0.707. The van der Waals surface area contributed by atoms with E-state index in [-0.39, 0.29) is 23.7 Å². The number of amides is 1. The smallest absolute Gasteiger partial charge is 0.407 e. The molecule has 158 valence electrons. The highest BCUT2D eigenvalue weighted by Gasteiger charge is 2.57. The van der Waals surface area contributed by atoms with Gasteiger partial charge >= 0.3 is 6.09 Å². The van der Waals surface area contributed by atoms with Gasteiger partial charge in [-0.25, -0.2) is 9.31 Å². The van der Waals surface area contributed by atoms with Crippen LogP contribution in [0.4, 0.5) is 4.79 Å². The Bertz CT molecular complexity index is 903. The predicted octanol–water partition coefficient (Wildman–Crippen LogP) is 3.21. The third-order valence-corrected chi connectivity index (χ3v) is 6.38. The summed E-state index contributed by atoms with van der Waals surface area (Å²) in [5.74, 6) is 0. The molecule has 1 unspecified atom stereocenters. The van der Waals surface area contributed by atoms with Crippen LogP contribution in [0.5, 0.6) is 0 Å². The van der Waals surface area contributed by atoms with Gasteiger partial charge < -0.3 is 20.1 Å². The van der Waals surface area contributed by atoms with Crippen LogP contribution in [-0.4, -0.2) is 51.5 Å². The molecule has 0 aromatic carbocycles. The summed E-state index contributed by atoms with van der Waals surface area (Å²) in [5.41, 5.74) is 0.942. The summed E-state index contributed by atoms with van der Waals surface area (Å²) < 4.78 is 14.6. The lowest BCUT2D eigenvalue weighted by Crippen LogP contribution is -2.54. The third-order valence-electron chi connectivity index (χ3n) is 5.83. The summed E-state index contributed by atoms with van der Waals surface area (Å²) in [6.07, 6.45) is 4.45. The normalized spacial score (nSPS) is 26.7. The zero-order valence-electron chi connectivity index (χ0n) is 17.2. The summed E-state index contributed by atoms with van der Waals surface area (Å²) in [5, 5.41) is 10.9. The van der Waals surface area contributed by atoms with Crippen molar-refractivity contribution in [1.29, 1.82) is 0 Å². The number of nitrogens with one attached hydrogen (secondary N) is 2. The van der Waals surface area contributed by atoms with Crippen LogP contribution in [0.3, 0.4) is 0 Å². The van der Waals surface area contributed by atoms with E-state index in [2.05, 4.69) is 31.7 Å². The predicted molar refractivity (Wildman–Crippen MR) is 112 cm³/mol. The van der Waals surface area contributed by atoms with Crippen molar-refractivity contribution < 1.29 is 14.3 Å². The molecule has 2 N–H and O–H groups in total. The van der Waals surface area contributed by atoms with E-state index in [1.807, 2.05) is 38.3 Å². The third kappa shape index (κ3) is 3.75. The minimum absolute atomic E-state index is 0.168. The van der Waals surface area contributed by atoms with Crippen LogP contribution in [0.2, 0.25) is 0 Å². The molecule has 2 saturated heterocycles. The van der Waals surface area contributed by atoms with E-state index < -0.39 is 11.7 Å². The molecule has 2 aliphatic heterocycles. The van der Waals surface area contributed by atoms with E-state index in [0.717, 1.165) is 41.7 Å². The van der Waals surface area contributed by atoms with Gasteiger partial charge in [0.25, 0.3) is 0 Å². The van der Waals surface area contributed by atoms with Gasteiger partial charge in [0, 0.05) is 5.41 Å².